The first-order valence-corrected chi connectivity index (χ1v) is 7.54. The number of carbonyl (C=O) groups is 1. The molecule has 0 unspecified atom stereocenters. The van der Waals surface area contributed by atoms with Gasteiger partial charge >= 0.3 is 0 Å². The van der Waals surface area contributed by atoms with Crippen LogP contribution in [0.1, 0.15) is 56.3 Å². The number of benzene rings is 1. The zero-order valence-corrected chi connectivity index (χ0v) is 12.4. The maximum atomic E-state index is 12.4. The zero-order chi connectivity index (χ0) is 14.4. The minimum absolute atomic E-state index is 0.208. The largest absolute Gasteiger partial charge is 0.493 e. The Bertz CT molecular complexity index is 571. The van der Waals surface area contributed by atoms with Gasteiger partial charge in [-0.25, -0.2) is 0 Å². The lowest BCUT2D eigenvalue weighted by atomic mass is 10.0. The van der Waals surface area contributed by atoms with E-state index in [1.807, 2.05) is 31.3 Å². The van der Waals surface area contributed by atoms with Crippen LogP contribution in [0.15, 0.2) is 24.4 Å². The second-order valence-electron chi connectivity index (χ2n) is 5.05. The van der Waals surface area contributed by atoms with E-state index in [1.165, 1.54) is 12.8 Å². The van der Waals surface area contributed by atoms with Crippen LogP contribution in [-0.4, -0.2) is 17.4 Å². The van der Waals surface area contributed by atoms with E-state index in [1.54, 1.807) is 0 Å². The number of ether oxygens (including phenoxy) is 1. The molecule has 2 rings (SSSR count). The van der Waals surface area contributed by atoms with Gasteiger partial charge in [0.15, 0.2) is 5.78 Å². The highest BCUT2D eigenvalue weighted by molar-refractivity contribution is 6.09. The Balaban J connectivity index is 2.18. The van der Waals surface area contributed by atoms with Crippen molar-refractivity contribution in [3.05, 3.63) is 30.0 Å². The van der Waals surface area contributed by atoms with Gasteiger partial charge in [-0.15, -0.1) is 0 Å². The summed E-state index contributed by atoms with van der Waals surface area (Å²) in [4.78, 5) is 15.5. The normalized spacial score (nSPS) is 10.9. The Morgan fingerprint density at radius 1 is 1.20 bits per heavy atom. The Labute approximate surface area is 120 Å². The molecule has 1 aromatic carbocycles. The highest BCUT2D eigenvalue weighted by Gasteiger charge is 2.15. The molecule has 0 radical (unpaired) electrons. The molecule has 0 spiro atoms. The molecule has 1 N–H and O–H groups in total. The summed E-state index contributed by atoms with van der Waals surface area (Å²) in [5.74, 6) is 1.00. The molecule has 0 amide bonds. The molecule has 0 bridgehead atoms. The van der Waals surface area contributed by atoms with Crippen LogP contribution in [0.3, 0.4) is 0 Å². The quantitative estimate of drug-likeness (QED) is 0.558. The van der Waals surface area contributed by atoms with Crippen LogP contribution in [0.25, 0.3) is 10.9 Å². The van der Waals surface area contributed by atoms with Gasteiger partial charge in [0, 0.05) is 23.7 Å². The predicted molar refractivity (Wildman–Crippen MR) is 82.6 cm³/mol. The minimum Gasteiger partial charge on any atom is -0.493 e. The molecule has 0 aliphatic rings. The van der Waals surface area contributed by atoms with Gasteiger partial charge in [0.05, 0.1) is 12.0 Å². The van der Waals surface area contributed by atoms with Crippen LogP contribution in [-0.2, 0) is 0 Å². The lowest BCUT2D eigenvalue weighted by Crippen LogP contribution is -1.99. The Morgan fingerprint density at radius 3 is 2.80 bits per heavy atom. The van der Waals surface area contributed by atoms with Crippen molar-refractivity contribution in [1.82, 2.24) is 4.98 Å². The van der Waals surface area contributed by atoms with Gasteiger partial charge in [-0.3, -0.25) is 4.79 Å². The summed E-state index contributed by atoms with van der Waals surface area (Å²) in [7, 11) is 0. The smallest absolute Gasteiger partial charge is 0.165 e. The van der Waals surface area contributed by atoms with Crippen molar-refractivity contribution in [3.63, 3.8) is 0 Å². The number of fused-ring (bicyclic) bond motifs is 1. The molecule has 0 atom stereocenters. The standard InChI is InChI=1S/C17H23NO2/c1-3-5-6-7-10-15(19)13-12-18-14-9-8-11-16(17(13)14)20-4-2/h8-9,11-12,18H,3-7,10H2,1-2H3. The number of aromatic nitrogens is 1. The fourth-order valence-electron chi connectivity index (χ4n) is 2.49. The molecule has 2 aromatic rings. The van der Waals surface area contributed by atoms with E-state index in [0.29, 0.717) is 13.0 Å². The first-order valence-electron chi connectivity index (χ1n) is 7.54. The zero-order valence-electron chi connectivity index (χ0n) is 12.4. The van der Waals surface area contributed by atoms with Gasteiger partial charge in [-0.05, 0) is 25.5 Å². The second kappa shape index (κ2) is 7.13. The molecule has 1 heterocycles. The number of hydrogen-bond donors (Lipinski definition) is 1. The SMILES string of the molecule is CCCCCCC(=O)c1c[nH]c2cccc(OCC)c12. The molecule has 0 aliphatic heterocycles. The number of aromatic amines is 1. The third-order valence-electron chi connectivity index (χ3n) is 3.53. The fraction of sp³-hybridized carbons (Fsp3) is 0.471. The number of nitrogens with one attached hydrogen (secondary N) is 1. The first kappa shape index (κ1) is 14.6. The Kier molecular flexibility index (Phi) is 5.22. The molecule has 20 heavy (non-hydrogen) atoms. The van der Waals surface area contributed by atoms with Crippen LogP contribution in [0.4, 0.5) is 0 Å². The third-order valence-corrected chi connectivity index (χ3v) is 3.53. The van der Waals surface area contributed by atoms with Crippen LogP contribution in [0.5, 0.6) is 5.75 Å². The van der Waals surface area contributed by atoms with Gasteiger partial charge in [0.2, 0.25) is 0 Å². The molecule has 0 saturated carbocycles. The van der Waals surface area contributed by atoms with E-state index < -0.39 is 0 Å². The van der Waals surface area contributed by atoms with Crippen molar-refractivity contribution in [2.75, 3.05) is 6.61 Å². The van der Waals surface area contributed by atoms with Crippen LogP contribution in [0, 0.1) is 0 Å². The van der Waals surface area contributed by atoms with E-state index in [0.717, 1.165) is 35.1 Å². The summed E-state index contributed by atoms with van der Waals surface area (Å²) >= 11 is 0. The van der Waals surface area contributed by atoms with E-state index in [4.69, 9.17) is 4.74 Å². The van der Waals surface area contributed by atoms with Gasteiger partial charge < -0.3 is 9.72 Å². The molecule has 3 nitrogen and oxygen atoms in total. The lowest BCUT2D eigenvalue weighted by molar-refractivity contribution is 0.0980. The molecule has 0 saturated heterocycles. The molecule has 1 aromatic heterocycles. The topological polar surface area (TPSA) is 42.1 Å². The minimum atomic E-state index is 0.208. The summed E-state index contributed by atoms with van der Waals surface area (Å²) in [6.45, 7) is 4.74. The highest BCUT2D eigenvalue weighted by Crippen LogP contribution is 2.29. The van der Waals surface area contributed by atoms with Crippen molar-refractivity contribution >= 4 is 16.7 Å². The van der Waals surface area contributed by atoms with Gasteiger partial charge in [0.1, 0.15) is 5.75 Å². The predicted octanol–water partition coefficient (Wildman–Crippen LogP) is 4.72. The van der Waals surface area contributed by atoms with E-state index in [-0.39, 0.29) is 5.78 Å². The number of unbranched alkanes of at least 4 members (excludes halogenated alkanes) is 3. The van der Waals surface area contributed by atoms with Crippen LogP contribution >= 0.6 is 0 Å². The lowest BCUT2D eigenvalue weighted by Gasteiger charge is -2.06. The van der Waals surface area contributed by atoms with E-state index in [2.05, 4.69) is 11.9 Å². The first-order chi connectivity index (χ1) is 9.77. The Morgan fingerprint density at radius 2 is 2.05 bits per heavy atom. The van der Waals surface area contributed by atoms with Gasteiger partial charge in [0.25, 0.3) is 0 Å². The number of rotatable bonds is 8. The van der Waals surface area contributed by atoms with Crippen molar-refractivity contribution in [3.8, 4) is 5.75 Å². The Hall–Kier alpha value is -1.77. The van der Waals surface area contributed by atoms with Gasteiger partial charge in [-0.2, -0.15) is 0 Å². The summed E-state index contributed by atoms with van der Waals surface area (Å²) in [6, 6.07) is 5.85. The number of Topliss-reactive ketones (excluding diaryl/α,β-unsaturated/α-hetero) is 1. The molecule has 108 valence electrons. The van der Waals surface area contributed by atoms with Crippen molar-refractivity contribution in [1.29, 1.82) is 0 Å². The maximum absolute atomic E-state index is 12.4. The molecule has 0 fully saturated rings. The van der Waals surface area contributed by atoms with Crippen molar-refractivity contribution in [2.24, 2.45) is 0 Å². The summed E-state index contributed by atoms with van der Waals surface area (Å²) in [5, 5.41) is 0.926. The summed E-state index contributed by atoms with van der Waals surface area (Å²) < 4.78 is 5.64. The van der Waals surface area contributed by atoms with Gasteiger partial charge in [-0.1, -0.05) is 32.3 Å². The number of ketones is 1. The molecule has 3 heteroatoms. The number of hydrogen-bond acceptors (Lipinski definition) is 2. The summed E-state index contributed by atoms with van der Waals surface area (Å²) in [6.07, 6.45) is 6.92. The van der Waals surface area contributed by atoms with Crippen LogP contribution < -0.4 is 4.74 Å². The molecule has 0 aliphatic carbocycles. The second-order valence-corrected chi connectivity index (χ2v) is 5.05. The number of H-pyrrole nitrogens is 1. The highest BCUT2D eigenvalue weighted by atomic mass is 16.5. The van der Waals surface area contributed by atoms with E-state index in [9.17, 15) is 4.79 Å². The fourth-order valence-corrected chi connectivity index (χ4v) is 2.49. The average molecular weight is 273 g/mol. The van der Waals surface area contributed by atoms with E-state index >= 15 is 0 Å². The maximum Gasteiger partial charge on any atom is 0.165 e. The number of carbonyl (C=O) groups excluding carboxylic acids is 1. The summed E-state index contributed by atoms with van der Waals surface area (Å²) in [5.41, 5.74) is 1.73. The van der Waals surface area contributed by atoms with Crippen molar-refractivity contribution in [2.45, 2.75) is 46.0 Å². The van der Waals surface area contributed by atoms with Crippen molar-refractivity contribution < 1.29 is 9.53 Å². The third kappa shape index (κ3) is 3.21. The molecular weight excluding hydrogens is 250 g/mol. The monoisotopic (exact) mass is 273 g/mol. The van der Waals surface area contributed by atoms with Crippen LogP contribution in [0.2, 0.25) is 0 Å². The molecular formula is C17H23NO2. The average Bonchev–Trinajstić information content (AvgIpc) is 2.89.